The third kappa shape index (κ3) is 4.56. The summed E-state index contributed by atoms with van der Waals surface area (Å²) in [5.41, 5.74) is 6.16. The zero-order valence-corrected chi connectivity index (χ0v) is 19.3. The van der Waals surface area contributed by atoms with E-state index in [1.165, 1.54) is 6.08 Å². The van der Waals surface area contributed by atoms with Gasteiger partial charge in [-0.1, -0.05) is 23.7 Å². The van der Waals surface area contributed by atoms with Crippen LogP contribution in [-0.4, -0.2) is 77.0 Å². The topological polar surface area (TPSA) is 143 Å². The van der Waals surface area contributed by atoms with E-state index in [2.05, 4.69) is 0 Å². The Hall–Kier alpha value is -2.85. The predicted octanol–water partition coefficient (Wildman–Crippen LogP) is 1.72. The molecule has 10 heteroatoms. The number of nitrogens with zero attached hydrogens (tertiary/aromatic N) is 1. The fraction of sp³-hybridized carbons (Fsp3) is 0.417. The Morgan fingerprint density at radius 2 is 2.06 bits per heavy atom. The van der Waals surface area contributed by atoms with E-state index < -0.39 is 48.4 Å². The molecule has 2 aliphatic heterocycles. The van der Waals surface area contributed by atoms with Crippen molar-refractivity contribution < 1.29 is 34.4 Å². The summed E-state index contributed by atoms with van der Waals surface area (Å²) < 4.78 is 11.8. The molecule has 1 aromatic carbocycles. The summed E-state index contributed by atoms with van der Waals surface area (Å²) in [5, 5.41) is 31.0. The van der Waals surface area contributed by atoms with Crippen LogP contribution >= 0.6 is 11.6 Å². The Labute approximate surface area is 201 Å². The van der Waals surface area contributed by atoms with Crippen LogP contribution in [0.2, 0.25) is 5.02 Å². The summed E-state index contributed by atoms with van der Waals surface area (Å²) in [5.74, 6) is -2.78. The van der Waals surface area contributed by atoms with Crippen molar-refractivity contribution in [3.05, 3.63) is 64.1 Å². The number of carbonyl (C=O) groups is 2. The number of aliphatic hydroxyl groups is 3. The molecular weight excluding hydrogens is 464 g/mol. The van der Waals surface area contributed by atoms with Crippen LogP contribution in [0.4, 0.5) is 0 Å². The van der Waals surface area contributed by atoms with Gasteiger partial charge in [0.1, 0.15) is 35.5 Å². The maximum atomic E-state index is 13.0. The van der Waals surface area contributed by atoms with Gasteiger partial charge < -0.3 is 35.4 Å². The van der Waals surface area contributed by atoms with E-state index in [4.69, 9.17) is 26.8 Å². The average molecular weight is 491 g/mol. The van der Waals surface area contributed by atoms with Crippen molar-refractivity contribution in [1.29, 1.82) is 0 Å². The number of allylic oxidation sites excluding steroid dienone is 2. The second kappa shape index (κ2) is 9.79. The van der Waals surface area contributed by atoms with Gasteiger partial charge in [0, 0.05) is 30.2 Å². The second-order valence-electron chi connectivity index (χ2n) is 8.76. The number of hydrogen-bond donors (Lipinski definition) is 4. The standard InChI is InChI=1S/C24H27ClN2O7/c1-27-7-6-13(20(10-27)34-24(32)15(26)11-28)21-16(29)8-17(30)22-18(31)9-19(33-23(21)22)12-4-2-3-5-14(12)25/h2-5,8-9,13,15,20-21,23,28-30H,6-7,10-11,26H2,1H3/t13-,15-,20+,21?,23?/m0/s1. The molecule has 1 fully saturated rings. The third-order valence-corrected chi connectivity index (χ3v) is 6.80. The molecule has 0 saturated carbocycles. The molecule has 5 N–H and O–H groups in total. The Morgan fingerprint density at radius 1 is 1.32 bits per heavy atom. The van der Waals surface area contributed by atoms with Crippen LogP contribution in [0, 0.1) is 11.8 Å². The summed E-state index contributed by atoms with van der Waals surface area (Å²) in [6.07, 6.45) is 1.21. The first-order valence-electron chi connectivity index (χ1n) is 11.0. The molecular formula is C24H27ClN2O7. The van der Waals surface area contributed by atoms with E-state index in [0.29, 0.717) is 30.1 Å². The fourth-order valence-electron chi connectivity index (χ4n) is 4.74. The lowest BCUT2D eigenvalue weighted by Gasteiger charge is -2.44. The number of nitrogens with two attached hydrogens (primary N) is 1. The quantitative estimate of drug-likeness (QED) is 0.453. The van der Waals surface area contributed by atoms with Crippen molar-refractivity contribution in [2.75, 3.05) is 26.7 Å². The van der Waals surface area contributed by atoms with E-state index in [9.17, 15) is 24.9 Å². The monoisotopic (exact) mass is 490 g/mol. The molecule has 182 valence electrons. The molecule has 2 unspecified atom stereocenters. The Bertz CT molecular complexity index is 1080. The van der Waals surface area contributed by atoms with Crippen molar-refractivity contribution >= 4 is 29.1 Å². The smallest absolute Gasteiger partial charge is 0.325 e. The van der Waals surface area contributed by atoms with E-state index in [-0.39, 0.29) is 22.9 Å². The lowest BCUT2D eigenvalue weighted by atomic mass is 9.72. The summed E-state index contributed by atoms with van der Waals surface area (Å²) >= 11 is 6.31. The van der Waals surface area contributed by atoms with Crippen LogP contribution in [0.15, 0.2) is 53.5 Å². The number of halogens is 1. The van der Waals surface area contributed by atoms with Gasteiger partial charge in [0.2, 0.25) is 0 Å². The summed E-state index contributed by atoms with van der Waals surface area (Å²) in [4.78, 5) is 27.4. The second-order valence-corrected chi connectivity index (χ2v) is 9.17. The predicted molar refractivity (Wildman–Crippen MR) is 124 cm³/mol. The van der Waals surface area contributed by atoms with E-state index >= 15 is 0 Å². The Kier molecular flexibility index (Phi) is 6.99. The highest BCUT2D eigenvalue weighted by Gasteiger charge is 2.49. The van der Waals surface area contributed by atoms with Gasteiger partial charge in [0.15, 0.2) is 5.78 Å². The molecule has 0 radical (unpaired) electrons. The number of benzene rings is 1. The first-order valence-corrected chi connectivity index (χ1v) is 11.4. The third-order valence-electron chi connectivity index (χ3n) is 6.48. The lowest BCUT2D eigenvalue weighted by Crippen LogP contribution is -2.52. The van der Waals surface area contributed by atoms with E-state index in [1.54, 1.807) is 24.3 Å². The van der Waals surface area contributed by atoms with Gasteiger partial charge in [-0.15, -0.1) is 0 Å². The number of esters is 1. The number of likely N-dealkylation sites (N-methyl/N-ethyl adjacent to an activating group) is 1. The van der Waals surface area contributed by atoms with Crippen molar-refractivity contribution in [3.63, 3.8) is 0 Å². The van der Waals surface area contributed by atoms with Crippen molar-refractivity contribution in [2.45, 2.75) is 24.7 Å². The first kappa shape index (κ1) is 24.3. The van der Waals surface area contributed by atoms with Gasteiger partial charge in [-0.25, -0.2) is 0 Å². The van der Waals surface area contributed by atoms with Crippen LogP contribution in [0.3, 0.4) is 0 Å². The SMILES string of the molecule is CN1CC[C@H](C2C(O)=CC(O)=C3C(=O)C=C(c4ccccc4Cl)OC32)[C@H](OC(=O)[C@@H](N)CO)C1. The maximum Gasteiger partial charge on any atom is 0.325 e. The molecule has 0 aromatic heterocycles. The minimum absolute atomic E-state index is 0.0228. The summed E-state index contributed by atoms with van der Waals surface area (Å²) in [7, 11) is 1.87. The molecule has 2 heterocycles. The minimum atomic E-state index is -1.19. The van der Waals surface area contributed by atoms with Crippen LogP contribution in [0.1, 0.15) is 12.0 Å². The largest absolute Gasteiger partial charge is 0.512 e. The van der Waals surface area contributed by atoms with Crippen molar-refractivity contribution in [1.82, 2.24) is 4.90 Å². The number of ketones is 1. The number of piperidine rings is 1. The number of ether oxygens (including phenoxy) is 2. The van der Waals surface area contributed by atoms with Gasteiger partial charge >= 0.3 is 5.97 Å². The zero-order valence-electron chi connectivity index (χ0n) is 18.6. The molecule has 4 rings (SSSR count). The van der Waals surface area contributed by atoms with Crippen LogP contribution < -0.4 is 5.73 Å². The normalized spacial score (nSPS) is 28.4. The molecule has 1 aliphatic carbocycles. The number of rotatable bonds is 5. The van der Waals surface area contributed by atoms with Gasteiger partial charge in [-0.3, -0.25) is 9.59 Å². The molecule has 0 bridgehead atoms. The fourth-order valence-corrected chi connectivity index (χ4v) is 4.97. The first-order chi connectivity index (χ1) is 16.2. The molecule has 1 saturated heterocycles. The van der Waals surface area contributed by atoms with Crippen molar-refractivity contribution in [3.8, 4) is 0 Å². The molecule has 1 aromatic rings. The van der Waals surface area contributed by atoms with Gasteiger partial charge in [0.25, 0.3) is 0 Å². The van der Waals surface area contributed by atoms with Gasteiger partial charge in [0.05, 0.1) is 23.1 Å². The molecule has 0 amide bonds. The number of likely N-dealkylation sites (tertiary alicyclic amines) is 1. The zero-order chi connectivity index (χ0) is 24.6. The summed E-state index contributed by atoms with van der Waals surface area (Å²) in [6, 6.07) is 5.69. The number of aliphatic hydroxyl groups excluding tert-OH is 3. The highest BCUT2D eigenvalue weighted by molar-refractivity contribution is 6.32. The average Bonchev–Trinajstić information content (AvgIpc) is 2.79. The maximum absolute atomic E-state index is 13.0. The Morgan fingerprint density at radius 3 is 2.76 bits per heavy atom. The van der Waals surface area contributed by atoms with E-state index in [0.717, 1.165) is 6.08 Å². The van der Waals surface area contributed by atoms with Gasteiger partial charge in [-0.2, -0.15) is 0 Å². The minimum Gasteiger partial charge on any atom is -0.512 e. The van der Waals surface area contributed by atoms with Gasteiger partial charge in [-0.05, 0) is 32.1 Å². The molecule has 5 atom stereocenters. The number of fused-ring (bicyclic) bond motifs is 1. The molecule has 3 aliphatic rings. The lowest BCUT2D eigenvalue weighted by molar-refractivity contribution is -0.160. The van der Waals surface area contributed by atoms with Crippen molar-refractivity contribution in [2.24, 2.45) is 17.6 Å². The highest BCUT2D eigenvalue weighted by Crippen LogP contribution is 2.44. The molecule has 34 heavy (non-hydrogen) atoms. The van der Waals surface area contributed by atoms with Crippen LogP contribution in [0.25, 0.3) is 5.76 Å². The van der Waals surface area contributed by atoms with Crippen LogP contribution in [-0.2, 0) is 19.1 Å². The summed E-state index contributed by atoms with van der Waals surface area (Å²) in [6.45, 7) is 0.443. The van der Waals surface area contributed by atoms with E-state index in [1.807, 2.05) is 11.9 Å². The number of hydrogen-bond acceptors (Lipinski definition) is 9. The highest BCUT2D eigenvalue weighted by atomic mass is 35.5. The molecule has 0 spiro atoms. The number of carbonyl (C=O) groups excluding carboxylic acids is 2. The van der Waals surface area contributed by atoms with Crippen LogP contribution in [0.5, 0.6) is 0 Å². The Balaban J connectivity index is 1.70. The molecule has 9 nitrogen and oxygen atoms in total.